The lowest BCUT2D eigenvalue weighted by atomic mass is 10.0. The summed E-state index contributed by atoms with van der Waals surface area (Å²) in [5, 5.41) is 3.02. The van der Waals surface area contributed by atoms with Crippen LogP contribution in [0.1, 0.15) is 36.0 Å². The average Bonchev–Trinajstić information content (AvgIpc) is 3.32. The molecule has 1 aromatic carbocycles. The number of benzene rings is 1. The van der Waals surface area contributed by atoms with Gasteiger partial charge in [-0.05, 0) is 37.8 Å². The minimum atomic E-state index is -0.125. The van der Waals surface area contributed by atoms with Crippen molar-refractivity contribution in [1.82, 2.24) is 10.2 Å². The number of hydrogen-bond acceptors (Lipinski definition) is 3. The second kappa shape index (κ2) is 5.76. The molecule has 5 heteroatoms. The van der Waals surface area contributed by atoms with E-state index in [4.69, 9.17) is 5.73 Å². The number of hydrogen-bond donors (Lipinski definition) is 2. The van der Waals surface area contributed by atoms with Crippen LogP contribution in [-0.2, 0) is 4.79 Å². The maximum absolute atomic E-state index is 12.2. The van der Waals surface area contributed by atoms with Crippen molar-refractivity contribution < 1.29 is 9.59 Å². The fourth-order valence-corrected chi connectivity index (χ4v) is 2.80. The standard InChI is InChI=1S/C16H21N3O2/c17-14-4-2-1-3-13(14)15(20)18-12-7-9-19(10-8-12)16(21)11-5-6-11/h1-4,11-12H,5-10,17H2,(H,18,20). The topological polar surface area (TPSA) is 75.4 Å². The average molecular weight is 287 g/mol. The van der Waals surface area contributed by atoms with E-state index in [0.29, 0.717) is 17.2 Å². The summed E-state index contributed by atoms with van der Waals surface area (Å²) in [4.78, 5) is 26.1. The molecule has 0 unspecified atom stereocenters. The number of nitrogens with one attached hydrogen (secondary N) is 1. The van der Waals surface area contributed by atoms with Gasteiger partial charge in [0.2, 0.25) is 5.91 Å². The summed E-state index contributed by atoms with van der Waals surface area (Å²) < 4.78 is 0. The van der Waals surface area contributed by atoms with Crippen LogP contribution in [-0.4, -0.2) is 35.8 Å². The summed E-state index contributed by atoms with van der Waals surface area (Å²) in [5.41, 5.74) is 6.83. The SMILES string of the molecule is Nc1ccccc1C(=O)NC1CCN(C(=O)C2CC2)CC1. The molecular formula is C16H21N3O2. The van der Waals surface area contributed by atoms with E-state index in [-0.39, 0.29) is 17.9 Å². The van der Waals surface area contributed by atoms with Crippen molar-refractivity contribution in [3.8, 4) is 0 Å². The Hall–Kier alpha value is -2.04. The molecule has 0 aromatic heterocycles. The molecule has 1 aromatic rings. The molecule has 3 rings (SSSR count). The summed E-state index contributed by atoms with van der Waals surface area (Å²) >= 11 is 0. The Morgan fingerprint density at radius 1 is 1.10 bits per heavy atom. The molecule has 0 atom stereocenters. The lowest BCUT2D eigenvalue weighted by Gasteiger charge is -2.32. The Kier molecular flexibility index (Phi) is 3.82. The van der Waals surface area contributed by atoms with E-state index < -0.39 is 0 Å². The van der Waals surface area contributed by atoms with Crippen LogP contribution in [0.4, 0.5) is 5.69 Å². The van der Waals surface area contributed by atoms with Crippen LogP contribution < -0.4 is 11.1 Å². The first-order chi connectivity index (χ1) is 10.1. The van der Waals surface area contributed by atoms with Crippen LogP contribution in [0.5, 0.6) is 0 Å². The van der Waals surface area contributed by atoms with E-state index in [0.717, 1.165) is 38.8 Å². The molecule has 1 heterocycles. The van der Waals surface area contributed by atoms with Crippen LogP contribution in [0.25, 0.3) is 0 Å². The fourth-order valence-electron chi connectivity index (χ4n) is 2.80. The van der Waals surface area contributed by atoms with Crippen LogP contribution >= 0.6 is 0 Å². The number of para-hydroxylation sites is 1. The fraction of sp³-hybridized carbons (Fsp3) is 0.500. The van der Waals surface area contributed by atoms with Crippen molar-refractivity contribution in [3.63, 3.8) is 0 Å². The zero-order chi connectivity index (χ0) is 14.8. The highest BCUT2D eigenvalue weighted by Gasteiger charge is 2.35. The molecule has 3 N–H and O–H groups in total. The van der Waals surface area contributed by atoms with E-state index in [1.807, 2.05) is 17.0 Å². The van der Waals surface area contributed by atoms with Crippen molar-refractivity contribution in [3.05, 3.63) is 29.8 Å². The van der Waals surface area contributed by atoms with Gasteiger partial charge in [0.05, 0.1) is 5.56 Å². The van der Waals surface area contributed by atoms with Crippen molar-refractivity contribution >= 4 is 17.5 Å². The summed E-state index contributed by atoms with van der Waals surface area (Å²) in [6.45, 7) is 1.48. The van der Waals surface area contributed by atoms with Crippen LogP contribution in [0.2, 0.25) is 0 Å². The zero-order valence-corrected chi connectivity index (χ0v) is 12.0. The van der Waals surface area contributed by atoms with E-state index in [1.165, 1.54) is 0 Å². The highest BCUT2D eigenvalue weighted by Crippen LogP contribution is 2.31. The molecule has 1 saturated carbocycles. The molecule has 0 spiro atoms. The molecule has 0 bridgehead atoms. The molecule has 2 amide bonds. The second-order valence-electron chi connectivity index (χ2n) is 5.93. The summed E-state index contributed by atoms with van der Waals surface area (Å²) in [6, 6.07) is 7.21. The largest absolute Gasteiger partial charge is 0.398 e. The van der Waals surface area contributed by atoms with E-state index in [9.17, 15) is 9.59 Å². The van der Waals surface area contributed by atoms with E-state index in [1.54, 1.807) is 12.1 Å². The first kappa shape index (κ1) is 13.9. The zero-order valence-electron chi connectivity index (χ0n) is 12.0. The van der Waals surface area contributed by atoms with Crippen molar-refractivity contribution in [1.29, 1.82) is 0 Å². The lowest BCUT2D eigenvalue weighted by Crippen LogP contribution is -2.47. The van der Waals surface area contributed by atoms with E-state index in [2.05, 4.69) is 5.32 Å². The number of nitrogens with zero attached hydrogens (tertiary/aromatic N) is 1. The number of piperidine rings is 1. The molecule has 21 heavy (non-hydrogen) atoms. The molecule has 1 aliphatic carbocycles. The molecule has 1 aliphatic heterocycles. The van der Waals surface area contributed by atoms with Gasteiger partial charge >= 0.3 is 0 Å². The number of likely N-dealkylation sites (tertiary alicyclic amines) is 1. The first-order valence-electron chi connectivity index (χ1n) is 7.59. The Morgan fingerprint density at radius 3 is 2.38 bits per heavy atom. The summed E-state index contributed by atoms with van der Waals surface area (Å²) in [5.74, 6) is 0.451. The minimum absolute atomic E-state index is 0.125. The number of nitrogens with two attached hydrogens (primary N) is 1. The molecule has 1 saturated heterocycles. The van der Waals surface area contributed by atoms with Gasteiger partial charge in [-0.2, -0.15) is 0 Å². The van der Waals surface area contributed by atoms with Crippen molar-refractivity contribution in [2.75, 3.05) is 18.8 Å². The minimum Gasteiger partial charge on any atom is -0.398 e. The Morgan fingerprint density at radius 2 is 1.76 bits per heavy atom. The first-order valence-corrected chi connectivity index (χ1v) is 7.59. The predicted octanol–water partition coefficient (Wildman–Crippen LogP) is 1.40. The third kappa shape index (κ3) is 3.17. The maximum atomic E-state index is 12.2. The third-order valence-corrected chi connectivity index (χ3v) is 4.27. The molecule has 5 nitrogen and oxygen atoms in total. The number of amides is 2. The lowest BCUT2D eigenvalue weighted by molar-refractivity contribution is -0.133. The van der Waals surface area contributed by atoms with Gasteiger partial charge < -0.3 is 16.0 Å². The van der Waals surface area contributed by atoms with Gasteiger partial charge in [0.15, 0.2) is 0 Å². The molecule has 2 fully saturated rings. The highest BCUT2D eigenvalue weighted by molar-refractivity contribution is 5.99. The highest BCUT2D eigenvalue weighted by atomic mass is 16.2. The number of carbonyl (C=O) groups is 2. The smallest absolute Gasteiger partial charge is 0.253 e. The monoisotopic (exact) mass is 287 g/mol. The molecular weight excluding hydrogens is 266 g/mol. The van der Waals surface area contributed by atoms with Crippen LogP contribution in [0.15, 0.2) is 24.3 Å². The second-order valence-corrected chi connectivity index (χ2v) is 5.93. The van der Waals surface area contributed by atoms with Gasteiger partial charge in [-0.25, -0.2) is 0 Å². The predicted molar refractivity (Wildman–Crippen MR) is 80.6 cm³/mol. The Labute approximate surface area is 124 Å². The number of carbonyl (C=O) groups excluding carboxylic acids is 2. The van der Waals surface area contributed by atoms with E-state index >= 15 is 0 Å². The number of anilines is 1. The van der Waals surface area contributed by atoms with Gasteiger partial charge in [0.1, 0.15) is 0 Å². The molecule has 2 aliphatic rings. The van der Waals surface area contributed by atoms with Gasteiger partial charge in [0.25, 0.3) is 5.91 Å². The Bertz CT molecular complexity index is 546. The van der Waals surface area contributed by atoms with Gasteiger partial charge in [0, 0.05) is 30.7 Å². The maximum Gasteiger partial charge on any atom is 0.253 e. The molecule has 112 valence electrons. The Balaban J connectivity index is 1.52. The summed E-state index contributed by atoms with van der Waals surface area (Å²) in [6.07, 6.45) is 3.72. The summed E-state index contributed by atoms with van der Waals surface area (Å²) in [7, 11) is 0. The normalized spacial score (nSPS) is 19.3. The van der Waals surface area contributed by atoms with Crippen LogP contribution in [0.3, 0.4) is 0 Å². The number of nitrogen functional groups attached to an aromatic ring is 1. The number of rotatable bonds is 3. The quantitative estimate of drug-likeness (QED) is 0.825. The molecule has 0 radical (unpaired) electrons. The van der Waals surface area contributed by atoms with Gasteiger partial charge in [-0.15, -0.1) is 0 Å². The third-order valence-electron chi connectivity index (χ3n) is 4.27. The van der Waals surface area contributed by atoms with Gasteiger partial charge in [-0.1, -0.05) is 12.1 Å². The van der Waals surface area contributed by atoms with Crippen LogP contribution in [0, 0.1) is 5.92 Å². The van der Waals surface area contributed by atoms with Crippen molar-refractivity contribution in [2.24, 2.45) is 5.92 Å². The van der Waals surface area contributed by atoms with Crippen molar-refractivity contribution in [2.45, 2.75) is 31.7 Å². The van der Waals surface area contributed by atoms with Gasteiger partial charge in [-0.3, -0.25) is 9.59 Å².